The standard InChI is InChI=1S/C13H19NO.ClH/c1-2-3-4-12(14)10-5-6-13-11(9-10)7-8-15-13;/h5-6,9,12H,2-4,7-8,14H2,1H3;1H/t12-;/m1./s1. The molecule has 0 saturated heterocycles. The van der Waals surface area contributed by atoms with Gasteiger partial charge in [0.05, 0.1) is 6.61 Å². The molecule has 2 nitrogen and oxygen atoms in total. The third-order valence-electron chi connectivity index (χ3n) is 3.01. The van der Waals surface area contributed by atoms with E-state index in [1.807, 2.05) is 0 Å². The second kappa shape index (κ2) is 6.12. The molecule has 1 aromatic rings. The summed E-state index contributed by atoms with van der Waals surface area (Å²) in [6.45, 7) is 3.02. The average molecular weight is 242 g/mol. The van der Waals surface area contributed by atoms with E-state index in [1.165, 1.54) is 24.0 Å². The normalized spacial score (nSPS) is 14.9. The molecule has 3 heteroatoms. The third-order valence-corrected chi connectivity index (χ3v) is 3.01. The fourth-order valence-corrected chi connectivity index (χ4v) is 2.03. The van der Waals surface area contributed by atoms with Crippen molar-refractivity contribution in [2.24, 2.45) is 5.73 Å². The Morgan fingerprint density at radius 2 is 2.25 bits per heavy atom. The van der Waals surface area contributed by atoms with Crippen molar-refractivity contribution in [1.29, 1.82) is 0 Å². The highest BCUT2D eigenvalue weighted by atomic mass is 35.5. The van der Waals surface area contributed by atoms with Gasteiger partial charge in [-0.3, -0.25) is 0 Å². The van der Waals surface area contributed by atoms with Gasteiger partial charge in [0.15, 0.2) is 0 Å². The summed E-state index contributed by atoms with van der Waals surface area (Å²) in [7, 11) is 0. The van der Waals surface area contributed by atoms with Gasteiger partial charge in [0, 0.05) is 12.5 Å². The van der Waals surface area contributed by atoms with E-state index in [1.54, 1.807) is 0 Å². The minimum atomic E-state index is 0. The number of nitrogens with two attached hydrogens (primary N) is 1. The number of hydrogen-bond donors (Lipinski definition) is 1. The van der Waals surface area contributed by atoms with Gasteiger partial charge < -0.3 is 10.5 Å². The van der Waals surface area contributed by atoms with Gasteiger partial charge in [0.1, 0.15) is 5.75 Å². The molecule has 0 unspecified atom stereocenters. The lowest BCUT2D eigenvalue weighted by Crippen LogP contribution is -2.10. The summed E-state index contributed by atoms with van der Waals surface area (Å²) in [5.41, 5.74) is 8.71. The molecule has 0 amide bonds. The van der Waals surface area contributed by atoms with Crippen molar-refractivity contribution in [1.82, 2.24) is 0 Å². The predicted octanol–water partition coefficient (Wildman–Crippen LogP) is 3.23. The van der Waals surface area contributed by atoms with Crippen molar-refractivity contribution in [2.75, 3.05) is 6.61 Å². The van der Waals surface area contributed by atoms with Gasteiger partial charge in [-0.05, 0) is 23.6 Å². The molecule has 1 atom stereocenters. The van der Waals surface area contributed by atoms with Crippen LogP contribution in [0.15, 0.2) is 18.2 Å². The Hall–Kier alpha value is -0.730. The van der Waals surface area contributed by atoms with Crippen LogP contribution < -0.4 is 10.5 Å². The maximum Gasteiger partial charge on any atom is 0.122 e. The van der Waals surface area contributed by atoms with Crippen LogP contribution in [0.5, 0.6) is 5.75 Å². The molecule has 2 N–H and O–H groups in total. The van der Waals surface area contributed by atoms with Crippen LogP contribution in [0.1, 0.15) is 43.4 Å². The molecule has 1 aromatic carbocycles. The summed E-state index contributed by atoms with van der Waals surface area (Å²) in [6.07, 6.45) is 4.52. The zero-order valence-electron chi connectivity index (χ0n) is 9.74. The smallest absolute Gasteiger partial charge is 0.122 e. The molecular weight excluding hydrogens is 222 g/mol. The Kier molecular flexibility index (Phi) is 5.10. The Morgan fingerprint density at radius 1 is 1.44 bits per heavy atom. The highest BCUT2D eigenvalue weighted by Gasteiger charge is 2.14. The summed E-state index contributed by atoms with van der Waals surface area (Å²) in [5.74, 6) is 1.04. The van der Waals surface area contributed by atoms with E-state index < -0.39 is 0 Å². The Morgan fingerprint density at radius 3 is 3.00 bits per heavy atom. The van der Waals surface area contributed by atoms with Crippen LogP contribution in [0, 0.1) is 0 Å². The van der Waals surface area contributed by atoms with Gasteiger partial charge in [0.2, 0.25) is 0 Å². The lowest BCUT2D eigenvalue weighted by molar-refractivity contribution is 0.357. The molecule has 0 saturated carbocycles. The van der Waals surface area contributed by atoms with Gasteiger partial charge in [0.25, 0.3) is 0 Å². The van der Waals surface area contributed by atoms with E-state index in [9.17, 15) is 0 Å². The number of unbranched alkanes of at least 4 members (excludes halogenated alkanes) is 1. The molecule has 0 fully saturated rings. The highest BCUT2D eigenvalue weighted by molar-refractivity contribution is 5.85. The summed E-state index contributed by atoms with van der Waals surface area (Å²) in [6, 6.07) is 6.56. The van der Waals surface area contributed by atoms with Crippen LogP contribution in [0.3, 0.4) is 0 Å². The monoisotopic (exact) mass is 241 g/mol. The molecule has 0 radical (unpaired) electrons. The van der Waals surface area contributed by atoms with Crippen molar-refractivity contribution >= 4 is 12.4 Å². The van der Waals surface area contributed by atoms with E-state index in [-0.39, 0.29) is 18.4 Å². The van der Waals surface area contributed by atoms with E-state index in [2.05, 4.69) is 25.1 Å². The molecule has 0 spiro atoms. The van der Waals surface area contributed by atoms with Gasteiger partial charge >= 0.3 is 0 Å². The molecule has 1 heterocycles. The first-order valence-electron chi connectivity index (χ1n) is 5.82. The van der Waals surface area contributed by atoms with Crippen LogP contribution in [-0.2, 0) is 6.42 Å². The lowest BCUT2D eigenvalue weighted by atomic mass is 9.99. The van der Waals surface area contributed by atoms with E-state index in [0.717, 1.165) is 25.2 Å². The van der Waals surface area contributed by atoms with Crippen LogP contribution in [0.2, 0.25) is 0 Å². The quantitative estimate of drug-likeness (QED) is 0.879. The van der Waals surface area contributed by atoms with E-state index in [0.29, 0.717) is 0 Å². The maximum atomic E-state index is 6.13. The number of benzene rings is 1. The molecule has 0 bridgehead atoms. The second-order valence-corrected chi connectivity index (χ2v) is 4.21. The largest absolute Gasteiger partial charge is 0.493 e. The van der Waals surface area contributed by atoms with E-state index in [4.69, 9.17) is 10.5 Å². The second-order valence-electron chi connectivity index (χ2n) is 4.21. The van der Waals surface area contributed by atoms with Crippen LogP contribution in [0.25, 0.3) is 0 Å². The minimum Gasteiger partial charge on any atom is -0.493 e. The Bertz CT molecular complexity index is 341. The fraction of sp³-hybridized carbons (Fsp3) is 0.538. The molecule has 0 aliphatic carbocycles. The topological polar surface area (TPSA) is 35.2 Å². The SMILES string of the molecule is CCCC[C@@H](N)c1ccc2c(c1)CCO2.Cl. The van der Waals surface area contributed by atoms with Gasteiger partial charge in [-0.1, -0.05) is 31.9 Å². The zero-order chi connectivity index (χ0) is 10.7. The molecule has 2 rings (SSSR count). The first-order chi connectivity index (χ1) is 7.31. The highest BCUT2D eigenvalue weighted by Crippen LogP contribution is 2.28. The van der Waals surface area contributed by atoms with Crippen molar-refractivity contribution < 1.29 is 4.74 Å². The zero-order valence-corrected chi connectivity index (χ0v) is 10.6. The van der Waals surface area contributed by atoms with Crippen LogP contribution >= 0.6 is 12.4 Å². The van der Waals surface area contributed by atoms with Crippen LogP contribution in [-0.4, -0.2) is 6.61 Å². The molecule has 16 heavy (non-hydrogen) atoms. The molecule has 90 valence electrons. The fourth-order valence-electron chi connectivity index (χ4n) is 2.03. The number of rotatable bonds is 4. The number of ether oxygens (including phenoxy) is 1. The van der Waals surface area contributed by atoms with Crippen molar-refractivity contribution in [3.8, 4) is 5.75 Å². The van der Waals surface area contributed by atoms with E-state index >= 15 is 0 Å². The van der Waals surface area contributed by atoms with Crippen LogP contribution in [0.4, 0.5) is 0 Å². The Balaban J connectivity index is 0.00000128. The summed E-state index contributed by atoms with van der Waals surface area (Å²) >= 11 is 0. The van der Waals surface area contributed by atoms with Gasteiger partial charge in [-0.2, -0.15) is 0 Å². The number of halogens is 1. The number of hydrogen-bond acceptors (Lipinski definition) is 2. The van der Waals surface area contributed by atoms with Crippen molar-refractivity contribution in [2.45, 2.75) is 38.6 Å². The summed E-state index contributed by atoms with van der Waals surface area (Å²) in [5, 5.41) is 0. The average Bonchev–Trinajstić information content (AvgIpc) is 2.72. The minimum absolute atomic E-state index is 0. The lowest BCUT2D eigenvalue weighted by Gasteiger charge is -2.12. The molecule has 1 aliphatic heterocycles. The third kappa shape index (κ3) is 2.89. The predicted molar refractivity (Wildman–Crippen MR) is 69.3 cm³/mol. The first kappa shape index (κ1) is 13.3. The maximum absolute atomic E-state index is 6.13. The molecule has 0 aromatic heterocycles. The summed E-state index contributed by atoms with van der Waals surface area (Å²) < 4.78 is 5.47. The number of fused-ring (bicyclic) bond motifs is 1. The first-order valence-corrected chi connectivity index (χ1v) is 5.82. The van der Waals surface area contributed by atoms with Crippen molar-refractivity contribution in [3.63, 3.8) is 0 Å². The Labute approximate surface area is 104 Å². The molecule has 1 aliphatic rings. The van der Waals surface area contributed by atoms with Gasteiger partial charge in [-0.25, -0.2) is 0 Å². The van der Waals surface area contributed by atoms with Gasteiger partial charge in [-0.15, -0.1) is 12.4 Å². The summed E-state index contributed by atoms with van der Waals surface area (Å²) in [4.78, 5) is 0. The van der Waals surface area contributed by atoms with Crippen molar-refractivity contribution in [3.05, 3.63) is 29.3 Å². The molecular formula is C13H20ClNO.